The second-order valence-electron chi connectivity index (χ2n) is 4.23. The van der Waals surface area contributed by atoms with Gasteiger partial charge >= 0.3 is 0 Å². The van der Waals surface area contributed by atoms with E-state index in [0.29, 0.717) is 0 Å². The van der Waals surface area contributed by atoms with Crippen LogP contribution in [0.3, 0.4) is 0 Å². The molecule has 0 aromatic heterocycles. The molecule has 3 N–H and O–H groups in total. The van der Waals surface area contributed by atoms with E-state index >= 15 is 0 Å². The number of hydrogen-bond acceptors (Lipinski definition) is 4. The summed E-state index contributed by atoms with van der Waals surface area (Å²) in [5.41, 5.74) is 4.15. The van der Waals surface area contributed by atoms with Crippen LogP contribution in [0.4, 0.5) is 5.69 Å². The van der Waals surface area contributed by atoms with E-state index in [0.717, 1.165) is 18.8 Å². The molecule has 0 atom stereocenters. The fourth-order valence-electron chi connectivity index (χ4n) is 1.91. The van der Waals surface area contributed by atoms with Crippen molar-refractivity contribution in [1.29, 1.82) is 0 Å². The van der Waals surface area contributed by atoms with Gasteiger partial charge in [0.25, 0.3) is 0 Å². The standard InChI is InChI=1S/C11H17N3O2S/c12-17(15,16)11-6-4-10(5-7-11)13-14-8-2-1-3-9-14/h4-7,13H,1-3,8-9H2,(H2,12,15,16). The van der Waals surface area contributed by atoms with Gasteiger partial charge in [-0.25, -0.2) is 18.6 Å². The van der Waals surface area contributed by atoms with Crippen LogP contribution in [0, 0.1) is 0 Å². The van der Waals surface area contributed by atoms with Crippen LogP contribution in [0.25, 0.3) is 0 Å². The van der Waals surface area contributed by atoms with Gasteiger partial charge in [-0.05, 0) is 37.1 Å². The van der Waals surface area contributed by atoms with Crippen LogP contribution in [-0.2, 0) is 10.0 Å². The maximum atomic E-state index is 11.1. The molecule has 1 aliphatic heterocycles. The highest BCUT2D eigenvalue weighted by atomic mass is 32.2. The van der Waals surface area contributed by atoms with Gasteiger partial charge in [-0.2, -0.15) is 0 Å². The molecule has 0 bridgehead atoms. The molecule has 0 unspecified atom stereocenters. The molecule has 1 aliphatic rings. The van der Waals surface area contributed by atoms with Gasteiger partial charge in [0.2, 0.25) is 10.0 Å². The predicted molar refractivity (Wildman–Crippen MR) is 66.9 cm³/mol. The summed E-state index contributed by atoms with van der Waals surface area (Å²) < 4.78 is 22.2. The fourth-order valence-corrected chi connectivity index (χ4v) is 2.42. The van der Waals surface area contributed by atoms with Crippen LogP contribution in [0.1, 0.15) is 19.3 Å². The lowest BCUT2D eigenvalue weighted by Gasteiger charge is -2.27. The SMILES string of the molecule is NS(=O)(=O)c1ccc(NN2CCCCC2)cc1. The number of sulfonamides is 1. The lowest BCUT2D eigenvalue weighted by atomic mass is 10.2. The lowest BCUT2D eigenvalue weighted by molar-refractivity contribution is 0.273. The quantitative estimate of drug-likeness (QED) is 0.849. The zero-order valence-electron chi connectivity index (χ0n) is 9.59. The molecule has 1 aromatic rings. The van der Waals surface area contributed by atoms with Crippen molar-refractivity contribution in [3.8, 4) is 0 Å². The summed E-state index contributed by atoms with van der Waals surface area (Å²) >= 11 is 0. The van der Waals surface area contributed by atoms with E-state index in [2.05, 4.69) is 10.4 Å². The van der Waals surface area contributed by atoms with Crippen molar-refractivity contribution in [1.82, 2.24) is 5.01 Å². The van der Waals surface area contributed by atoms with Crippen molar-refractivity contribution in [2.45, 2.75) is 24.2 Å². The third-order valence-corrected chi connectivity index (χ3v) is 3.76. The molecular weight excluding hydrogens is 238 g/mol. The fraction of sp³-hybridized carbons (Fsp3) is 0.455. The lowest BCUT2D eigenvalue weighted by Crippen LogP contribution is -2.34. The Morgan fingerprint density at radius 3 is 2.18 bits per heavy atom. The molecule has 0 amide bonds. The van der Waals surface area contributed by atoms with E-state index in [1.54, 1.807) is 12.1 Å². The molecule has 2 rings (SSSR count). The number of hydrazine groups is 1. The van der Waals surface area contributed by atoms with Crippen LogP contribution in [0.2, 0.25) is 0 Å². The van der Waals surface area contributed by atoms with E-state index < -0.39 is 10.0 Å². The summed E-state index contributed by atoms with van der Waals surface area (Å²) in [5, 5.41) is 7.18. The molecule has 5 nitrogen and oxygen atoms in total. The summed E-state index contributed by atoms with van der Waals surface area (Å²) in [7, 11) is -3.59. The average Bonchev–Trinajstić information content (AvgIpc) is 2.30. The van der Waals surface area contributed by atoms with Gasteiger partial charge < -0.3 is 5.43 Å². The average molecular weight is 255 g/mol. The highest BCUT2D eigenvalue weighted by Gasteiger charge is 2.10. The third-order valence-electron chi connectivity index (χ3n) is 2.83. The van der Waals surface area contributed by atoms with Gasteiger partial charge in [0.1, 0.15) is 0 Å². The number of hydrogen-bond donors (Lipinski definition) is 2. The highest BCUT2D eigenvalue weighted by molar-refractivity contribution is 7.89. The Morgan fingerprint density at radius 1 is 1.06 bits per heavy atom. The topological polar surface area (TPSA) is 75.4 Å². The number of benzene rings is 1. The summed E-state index contributed by atoms with van der Waals surface area (Å²) in [6, 6.07) is 6.49. The first kappa shape index (κ1) is 12.3. The molecule has 0 aliphatic carbocycles. The number of primary sulfonamides is 1. The van der Waals surface area contributed by atoms with Gasteiger partial charge in [0.15, 0.2) is 0 Å². The predicted octanol–water partition coefficient (Wildman–Crippen LogP) is 1.15. The molecule has 6 heteroatoms. The summed E-state index contributed by atoms with van der Waals surface area (Å²) in [4.78, 5) is 0.140. The van der Waals surface area contributed by atoms with E-state index in [9.17, 15) is 8.42 Å². The second kappa shape index (κ2) is 5.03. The molecule has 94 valence electrons. The van der Waals surface area contributed by atoms with Crippen molar-refractivity contribution in [3.05, 3.63) is 24.3 Å². The minimum Gasteiger partial charge on any atom is -0.319 e. The van der Waals surface area contributed by atoms with Crippen LogP contribution in [0.5, 0.6) is 0 Å². The van der Waals surface area contributed by atoms with Gasteiger partial charge in [-0.1, -0.05) is 6.42 Å². The number of anilines is 1. The third kappa shape index (κ3) is 3.42. The molecule has 1 fully saturated rings. The Morgan fingerprint density at radius 2 is 1.65 bits per heavy atom. The number of rotatable bonds is 3. The summed E-state index contributed by atoms with van der Waals surface area (Å²) in [6.07, 6.45) is 3.67. The Bertz CT molecular complexity index is 464. The zero-order chi connectivity index (χ0) is 12.3. The second-order valence-corrected chi connectivity index (χ2v) is 5.79. The number of nitrogens with two attached hydrogens (primary N) is 1. The highest BCUT2D eigenvalue weighted by Crippen LogP contribution is 2.15. The minimum absolute atomic E-state index is 0.140. The largest absolute Gasteiger partial charge is 0.319 e. The van der Waals surface area contributed by atoms with E-state index in [-0.39, 0.29) is 4.90 Å². The molecule has 1 heterocycles. The minimum atomic E-state index is -3.59. The Kier molecular flexibility index (Phi) is 3.66. The van der Waals surface area contributed by atoms with Gasteiger partial charge in [0.05, 0.1) is 4.90 Å². The van der Waals surface area contributed by atoms with Crippen LogP contribution in [0.15, 0.2) is 29.2 Å². The monoisotopic (exact) mass is 255 g/mol. The van der Waals surface area contributed by atoms with Crippen molar-refractivity contribution in [2.75, 3.05) is 18.5 Å². The molecule has 0 saturated carbocycles. The molecular formula is C11H17N3O2S. The van der Waals surface area contributed by atoms with E-state index in [1.807, 2.05) is 0 Å². The van der Waals surface area contributed by atoms with Crippen LogP contribution >= 0.6 is 0 Å². The number of piperidine rings is 1. The van der Waals surface area contributed by atoms with Crippen molar-refractivity contribution >= 4 is 15.7 Å². The summed E-state index contributed by atoms with van der Waals surface area (Å²) in [5.74, 6) is 0. The Balaban J connectivity index is 2.03. The van der Waals surface area contributed by atoms with Crippen molar-refractivity contribution < 1.29 is 8.42 Å². The Hall–Kier alpha value is -1.11. The first-order chi connectivity index (χ1) is 8.05. The van der Waals surface area contributed by atoms with E-state index in [4.69, 9.17) is 5.14 Å². The van der Waals surface area contributed by atoms with Crippen LogP contribution < -0.4 is 10.6 Å². The first-order valence-electron chi connectivity index (χ1n) is 5.70. The first-order valence-corrected chi connectivity index (χ1v) is 7.25. The number of nitrogens with zero attached hydrogens (tertiary/aromatic N) is 1. The molecule has 1 saturated heterocycles. The maximum absolute atomic E-state index is 11.1. The molecule has 1 aromatic carbocycles. The molecule has 0 radical (unpaired) electrons. The van der Waals surface area contributed by atoms with Crippen molar-refractivity contribution in [3.63, 3.8) is 0 Å². The molecule has 0 spiro atoms. The molecule has 17 heavy (non-hydrogen) atoms. The maximum Gasteiger partial charge on any atom is 0.238 e. The Labute approximate surface area is 102 Å². The zero-order valence-corrected chi connectivity index (χ0v) is 10.4. The van der Waals surface area contributed by atoms with Crippen molar-refractivity contribution in [2.24, 2.45) is 5.14 Å². The van der Waals surface area contributed by atoms with Gasteiger partial charge in [-0.3, -0.25) is 0 Å². The smallest absolute Gasteiger partial charge is 0.238 e. The normalized spacial score (nSPS) is 17.9. The van der Waals surface area contributed by atoms with E-state index in [1.165, 1.54) is 31.4 Å². The van der Waals surface area contributed by atoms with Crippen LogP contribution in [-0.4, -0.2) is 26.5 Å². The summed E-state index contributed by atoms with van der Waals surface area (Å²) in [6.45, 7) is 2.05. The van der Waals surface area contributed by atoms with Gasteiger partial charge in [0, 0.05) is 18.8 Å². The van der Waals surface area contributed by atoms with Gasteiger partial charge in [-0.15, -0.1) is 0 Å². The number of nitrogens with one attached hydrogen (secondary N) is 1.